The van der Waals surface area contributed by atoms with Gasteiger partial charge in [0.05, 0.1) is 0 Å². The molecule has 0 aliphatic rings. The molecule has 1 aromatic heterocycles. The summed E-state index contributed by atoms with van der Waals surface area (Å²) in [7, 11) is 0. The third-order valence-electron chi connectivity index (χ3n) is 2.10. The number of anilines is 2. The van der Waals surface area contributed by atoms with Crippen molar-refractivity contribution < 1.29 is 0 Å². The predicted octanol–water partition coefficient (Wildman–Crippen LogP) is 3.54. The molecule has 0 atom stereocenters. The monoisotopic (exact) mass is 268 g/mol. The van der Waals surface area contributed by atoms with Gasteiger partial charge in [-0.1, -0.05) is 17.7 Å². The Morgan fingerprint density at radius 1 is 1.00 bits per heavy atom. The van der Waals surface area contributed by atoms with Gasteiger partial charge in [-0.3, -0.25) is 0 Å². The third kappa shape index (κ3) is 3.05. The Balaban J connectivity index is 2.34. The topological polar surface area (TPSA) is 50.7 Å². The Bertz CT molecular complexity index is 537. The van der Waals surface area contributed by atoms with Crippen molar-refractivity contribution in [3.05, 3.63) is 39.8 Å². The number of hydrogen-bond donors (Lipinski definition) is 1. The fraction of sp³-hybridized carbons (Fsp3) is 0.182. The van der Waals surface area contributed by atoms with Crippen molar-refractivity contribution in [2.45, 2.75) is 13.8 Å². The molecule has 88 valence electrons. The SMILES string of the molecule is Cc1cc(C)cc(Nc2nc(Cl)nnc2Cl)c1. The first kappa shape index (κ1) is 12.1. The van der Waals surface area contributed by atoms with Crippen molar-refractivity contribution in [2.75, 3.05) is 5.32 Å². The van der Waals surface area contributed by atoms with Crippen molar-refractivity contribution in [2.24, 2.45) is 0 Å². The number of rotatable bonds is 2. The van der Waals surface area contributed by atoms with Crippen molar-refractivity contribution >= 4 is 34.7 Å². The van der Waals surface area contributed by atoms with Crippen LogP contribution in [0.3, 0.4) is 0 Å². The summed E-state index contributed by atoms with van der Waals surface area (Å²) in [4.78, 5) is 3.98. The van der Waals surface area contributed by atoms with E-state index in [2.05, 4.69) is 26.6 Å². The van der Waals surface area contributed by atoms with E-state index in [1.54, 1.807) is 0 Å². The lowest BCUT2D eigenvalue weighted by molar-refractivity contribution is 0.974. The van der Waals surface area contributed by atoms with Crippen LogP contribution in [0.5, 0.6) is 0 Å². The molecule has 0 spiro atoms. The highest BCUT2D eigenvalue weighted by Crippen LogP contribution is 2.23. The molecule has 0 radical (unpaired) electrons. The average Bonchev–Trinajstić information content (AvgIpc) is 2.22. The molecule has 0 saturated carbocycles. The van der Waals surface area contributed by atoms with Gasteiger partial charge in [0.15, 0.2) is 11.0 Å². The molecule has 0 aliphatic heterocycles. The molecule has 0 saturated heterocycles. The molecular weight excluding hydrogens is 259 g/mol. The number of hydrogen-bond acceptors (Lipinski definition) is 4. The van der Waals surface area contributed by atoms with E-state index in [4.69, 9.17) is 23.2 Å². The van der Waals surface area contributed by atoms with E-state index in [-0.39, 0.29) is 10.4 Å². The quantitative estimate of drug-likeness (QED) is 0.905. The van der Waals surface area contributed by atoms with Crippen molar-refractivity contribution in [3.8, 4) is 0 Å². The molecule has 1 N–H and O–H groups in total. The normalized spacial score (nSPS) is 10.4. The fourth-order valence-electron chi connectivity index (χ4n) is 1.56. The number of nitrogens with one attached hydrogen (secondary N) is 1. The van der Waals surface area contributed by atoms with Crippen LogP contribution in [-0.4, -0.2) is 15.2 Å². The van der Waals surface area contributed by atoms with Gasteiger partial charge in [-0.05, 0) is 48.7 Å². The van der Waals surface area contributed by atoms with Crippen LogP contribution in [0.4, 0.5) is 11.5 Å². The molecule has 17 heavy (non-hydrogen) atoms. The highest BCUT2D eigenvalue weighted by molar-refractivity contribution is 6.32. The van der Waals surface area contributed by atoms with Gasteiger partial charge in [0.2, 0.25) is 5.28 Å². The van der Waals surface area contributed by atoms with Gasteiger partial charge >= 0.3 is 0 Å². The summed E-state index contributed by atoms with van der Waals surface area (Å²) in [6.07, 6.45) is 0. The van der Waals surface area contributed by atoms with Crippen molar-refractivity contribution in [1.82, 2.24) is 15.2 Å². The lowest BCUT2D eigenvalue weighted by atomic mass is 10.1. The van der Waals surface area contributed by atoms with E-state index in [0.717, 1.165) is 16.8 Å². The molecule has 2 aromatic rings. The van der Waals surface area contributed by atoms with E-state index in [0.29, 0.717) is 5.82 Å². The molecule has 0 aliphatic carbocycles. The summed E-state index contributed by atoms with van der Waals surface area (Å²) in [6.45, 7) is 4.04. The van der Waals surface area contributed by atoms with Crippen LogP contribution in [0, 0.1) is 13.8 Å². The maximum absolute atomic E-state index is 5.87. The largest absolute Gasteiger partial charge is 0.337 e. The highest BCUT2D eigenvalue weighted by Gasteiger charge is 2.06. The predicted molar refractivity (Wildman–Crippen MR) is 69.0 cm³/mol. The van der Waals surface area contributed by atoms with Gasteiger partial charge in [-0.15, -0.1) is 10.2 Å². The summed E-state index contributed by atoms with van der Waals surface area (Å²) in [5.41, 5.74) is 3.19. The average molecular weight is 269 g/mol. The van der Waals surface area contributed by atoms with Gasteiger partial charge in [-0.25, -0.2) is 0 Å². The number of aryl methyl sites for hydroxylation is 2. The Kier molecular flexibility index (Phi) is 3.45. The fourth-order valence-corrected chi connectivity index (χ4v) is 1.81. The second-order valence-corrected chi connectivity index (χ2v) is 4.42. The molecular formula is C11H10Cl2N4. The van der Waals surface area contributed by atoms with E-state index in [1.165, 1.54) is 0 Å². The Morgan fingerprint density at radius 2 is 1.65 bits per heavy atom. The van der Waals surface area contributed by atoms with E-state index < -0.39 is 0 Å². The molecule has 4 nitrogen and oxygen atoms in total. The van der Waals surface area contributed by atoms with Crippen molar-refractivity contribution in [3.63, 3.8) is 0 Å². The Hall–Kier alpha value is -1.39. The van der Waals surface area contributed by atoms with Crippen LogP contribution >= 0.6 is 23.2 Å². The summed E-state index contributed by atoms with van der Waals surface area (Å²) in [6, 6.07) is 6.05. The zero-order valence-electron chi connectivity index (χ0n) is 9.33. The first-order valence-corrected chi connectivity index (χ1v) is 5.71. The maximum atomic E-state index is 5.87. The number of aromatic nitrogens is 3. The van der Waals surface area contributed by atoms with Crippen molar-refractivity contribution in [1.29, 1.82) is 0 Å². The van der Waals surface area contributed by atoms with Gasteiger partial charge in [-0.2, -0.15) is 4.98 Å². The van der Waals surface area contributed by atoms with Gasteiger partial charge < -0.3 is 5.32 Å². The van der Waals surface area contributed by atoms with Crippen LogP contribution in [-0.2, 0) is 0 Å². The number of benzene rings is 1. The minimum absolute atomic E-state index is 0.0567. The molecule has 0 unspecified atom stereocenters. The molecule has 2 rings (SSSR count). The van der Waals surface area contributed by atoms with Gasteiger partial charge in [0.25, 0.3) is 0 Å². The molecule has 6 heteroatoms. The Morgan fingerprint density at radius 3 is 2.29 bits per heavy atom. The van der Waals surface area contributed by atoms with Crippen LogP contribution < -0.4 is 5.32 Å². The molecule has 1 heterocycles. The lowest BCUT2D eigenvalue weighted by Crippen LogP contribution is -1.99. The van der Waals surface area contributed by atoms with Crippen LogP contribution in [0.25, 0.3) is 0 Å². The number of nitrogens with zero attached hydrogens (tertiary/aromatic N) is 3. The molecule has 0 fully saturated rings. The van der Waals surface area contributed by atoms with Gasteiger partial charge in [0, 0.05) is 5.69 Å². The van der Waals surface area contributed by atoms with Crippen LogP contribution in [0.1, 0.15) is 11.1 Å². The zero-order valence-corrected chi connectivity index (χ0v) is 10.8. The molecule has 1 aromatic carbocycles. The minimum atomic E-state index is 0.0567. The zero-order chi connectivity index (χ0) is 12.4. The third-order valence-corrected chi connectivity index (χ3v) is 2.52. The van der Waals surface area contributed by atoms with E-state index >= 15 is 0 Å². The van der Waals surface area contributed by atoms with Crippen LogP contribution in [0.15, 0.2) is 18.2 Å². The summed E-state index contributed by atoms with van der Waals surface area (Å²) >= 11 is 11.5. The van der Waals surface area contributed by atoms with E-state index in [1.807, 2.05) is 26.0 Å². The summed E-state index contributed by atoms with van der Waals surface area (Å²) in [5, 5.41) is 10.5. The standard InChI is InChI=1S/C11H10Cl2N4/c1-6-3-7(2)5-8(4-6)14-10-9(12)16-17-11(13)15-10/h3-5H,1-2H3,(H,14,15,17). The summed E-state index contributed by atoms with van der Waals surface area (Å²) < 4.78 is 0. The first-order chi connectivity index (χ1) is 8.04. The molecule has 0 amide bonds. The Labute approximate surface area is 109 Å². The van der Waals surface area contributed by atoms with E-state index in [9.17, 15) is 0 Å². The second-order valence-electron chi connectivity index (χ2n) is 3.72. The lowest BCUT2D eigenvalue weighted by Gasteiger charge is -2.08. The second kappa shape index (κ2) is 4.85. The first-order valence-electron chi connectivity index (χ1n) is 4.95. The molecule has 0 bridgehead atoms. The minimum Gasteiger partial charge on any atom is -0.337 e. The van der Waals surface area contributed by atoms with Gasteiger partial charge in [0.1, 0.15) is 0 Å². The highest BCUT2D eigenvalue weighted by atomic mass is 35.5. The van der Waals surface area contributed by atoms with Crippen LogP contribution in [0.2, 0.25) is 10.4 Å². The number of halogens is 2. The summed E-state index contributed by atoms with van der Waals surface area (Å²) in [5.74, 6) is 0.400. The maximum Gasteiger partial charge on any atom is 0.245 e. The smallest absolute Gasteiger partial charge is 0.245 e.